The zero-order valence-electron chi connectivity index (χ0n) is 12.2. The number of para-hydroxylation sites is 1. The monoisotopic (exact) mass is 304 g/mol. The topological polar surface area (TPSA) is 35.5 Å². The van der Waals surface area contributed by atoms with E-state index in [-0.39, 0.29) is 0 Å². The summed E-state index contributed by atoms with van der Waals surface area (Å²) in [6.07, 6.45) is 3.41. The van der Waals surface area contributed by atoms with Crippen LogP contribution in [0.3, 0.4) is 0 Å². The fraction of sp³-hybridized carbons (Fsp3) is 0.294. The molecule has 0 amide bonds. The minimum Gasteiger partial charge on any atom is -0.494 e. The maximum absolute atomic E-state index is 12.1. The van der Waals surface area contributed by atoms with Crippen molar-refractivity contribution >= 4 is 11.1 Å². The largest absolute Gasteiger partial charge is 0.494 e. The summed E-state index contributed by atoms with van der Waals surface area (Å²) < 4.78 is 23.1. The van der Waals surface area contributed by atoms with Crippen molar-refractivity contribution in [1.82, 2.24) is 0 Å². The second-order valence-corrected chi connectivity index (χ2v) is 5.77. The molecule has 0 N–H and O–H groups in total. The molecule has 0 aliphatic carbocycles. The van der Waals surface area contributed by atoms with Crippen LogP contribution < -0.4 is 8.92 Å². The molecule has 0 aromatic heterocycles. The van der Waals surface area contributed by atoms with Gasteiger partial charge >= 0.3 is 0 Å². The van der Waals surface area contributed by atoms with E-state index >= 15 is 0 Å². The Morgan fingerprint density at radius 2 is 1.62 bits per heavy atom. The normalized spacial score (nSPS) is 11.9. The number of benzene rings is 2. The Balaban J connectivity index is 1.88. The Labute approximate surface area is 128 Å². The second kappa shape index (κ2) is 8.47. The van der Waals surface area contributed by atoms with Crippen LogP contribution >= 0.6 is 0 Å². The fourth-order valence-corrected chi connectivity index (χ4v) is 2.54. The minimum absolute atomic E-state index is 0.593. The molecule has 4 heteroatoms. The fourth-order valence-electron chi connectivity index (χ4n) is 1.80. The van der Waals surface area contributed by atoms with Gasteiger partial charge < -0.3 is 8.92 Å². The van der Waals surface area contributed by atoms with Crippen molar-refractivity contribution in [3.63, 3.8) is 0 Å². The Bertz CT molecular complexity index is 552. The molecule has 2 aromatic carbocycles. The van der Waals surface area contributed by atoms with Gasteiger partial charge in [-0.2, -0.15) is 0 Å². The van der Waals surface area contributed by atoms with E-state index in [1.54, 1.807) is 24.3 Å². The van der Waals surface area contributed by atoms with Crippen LogP contribution in [0.4, 0.5) is 0 Å². The predicted molar refractivity (Wildman–Crippen MR) is 84.9 cm³/mol. The third-order valence-electron chi connectivity index (χ3n) is 2.95. The van der Waals surface area contributed by atoms with E-state index in [1.807, 2.05) is 30.3 Å². The molecular weight excluding hydrogens is 284 g/mol. The third kappa shape index (κ3) is 5.23. The van der Waals surface area contributed by atoms with Gasteiger partial charge in [-0.1, -0.05) is 38.0 Å². The lowest BCUT2D eigenvalue weighted by Gasteiger charge is -2.07. The highest BCUT2D eigenvalue weighted by Crippen LogP contribution is 2.18. The SMILES string of the molecule is CCCCCOc1ccc(S(=O)Oc2ccccc2)cc1. The van der Waals surface area contributed by atoms with Crippen molar-refractivity contribution in [3.8, 4) is 11.5 Å². The number of rotatable bonds is 8. The average molecular weight is 304 g/mol. The second-order valence-electron chi connectivity index (χ2n) is 4.66. The zero-order valence-corrected chi connectivity index (χ0v) is 13.0. The summed E-state index contributed by atoms with van der Waals surface area (Å²) in [6.45, 7) is 2.88. The van der Waals surface area contributed by atoms with Crippen LogP contribution in [0.15, 0.2) is 59.5 Å². The Morgan fingerprint density at radius 3 is 2.29 bits per heavy atom. The molecule has 0 saturated heterocycles. The van der Waals surface area contributed by atoms with Gasteiger partial charge in [0, 0.05) is 0 Å². The molecule has 0 aliphatic rings. The molecule has 1 unspecified atom stereocenters. The molecule has 0 heterocycles. The van der Waals surface area contributed by atoms with Crippen LogP contribution in [-0.4, -0.2) is 10.8 Å². The summed E-state index contributed by atoms with van der Waals surface area (Å²) in [5.41, 5.74) is 0. The van der Waals surface area contributed by atoms with Gasteiger partial charge in [-0.05, 0) is 42.8 Å². The van der Waals surface area contributed by atoms with E-state index in [0.29, 0.717) is 10.6 Å². The Hall–Kier alpha value is -1.81. The minimum atomic E-state index is -1.51. The maximum Gasteiger partial charge on any atom is 0.240 e. The molecule has 0 bridgehead atoms. The van der Waals surface area contributed by atoms with E-state index in [0.717, 1.165) is 18.8 Å². The highest BCUT2D eigenvalue weighted by molar-refractivity contribution is 7.80. The molecule has 0 radical (unpaired) electrons. The van der Waals surface area contributed by atoms with Crippen LogP contribution in [0.25, 0.3) is 0 Å². The van der Waals surface area contributed by atoms with Gasteiger partial charge in [0.15, 0.2) is 0 Å². The highest BCUT2D eigenvalue weighted by atomic mass is 32.2. The van der Waals surface area contributed by atoms with Gasteiger partial charge in [-0.3, -0.25) is 0 Å². The summed E-state index contributed by atoms with van der Waals surface area (Å²) in [5, 5.41) is 0. The van der Waals surface area contributed by atoms with Crippen LogP contribution in [0.2, 0.25) is 0 Å². The highest BCUT2D eigenvalue weighted by Gasteiger charge is 2.06. The number of hydrogen-bond acceptors (Lipinski definition) is 3. The first kappa shape index (κ1) is 15.6. The van der Waals surface area contributed by atoms with E-state index in [4.69, 9.17) is 8.92 Å². The Kier molecular flexibility index (Phi) is 6.28. The van der Waals surface area contributed by atoms with Gasteiger partial charge in [0.2, 0.25) is 11.1 Å². The molecule has 0 spiro atoms. The first-order valence-corrected chi connectivity index (χ1v) is 8.25. The number of hydrogen-bond donors (Lipinski definition) is 0. The predicted octanol–water partition coefficient (Wildman–Crippen LogP) is 4.36. The number of ether oxygens (including phenoxy) is 1. The van der Waals surface area contributed by atoms with E-state index < -0.39 is 11.1 Å². The Morgan fingerprint density at radius 1 is 0.905 bits per heavy atom. The van der Waals surface area contributed by atoms with Crippen LogP contribution in [-0.2, 0) is 11.1 Å². The van der Waals surface area contributed by atoms with Gasteiger partial charge in [0.05, 0.1) is 11.5 Å². The van der Waals surface area contributed by atoms with Crippen LogP contribution in [0, 0.1) is 0 Å². The van der Waals surface area contributed by atoms with E-state index in [1.165, 1.54) is 12.8 Å². The standard InChI is InChI=1S/C17H20O3S/c1-2-3-7-14-19-15-10-12-17(13-11-15)21(18)20-16-8-5-4-6-9-16/h4-6,8-13H,2-3,7,14H2,1H3. The molecule has 0 aliphatic heterocycles. The van der Waals surface area contributed by atoms with E-state index in [9.17, 15) is 4.21 Å². The van der Waals surface area contributed by atoms with Crippen molar-refractivity contribution in [1.29, 1.82) is 0 Å². The molecular formula is C17H20O3S. The molecule has 3 nitrogen and oxygen atoms in total. The molecule has 112 valence electrons. The van der Waals surface area contributed by atoms with Crippen LogP contribution in [0.1, 0.15) is 26.2 Å². The summed E-state index contributed by atoms with van der Waals surface area (Å²) in [4.78, 5) is 0.625. The van der Waals surface area contributed by atoms with Crippen molar-refractivity contribution in [2.24, 2.45) is 0 Å². The summed E-state index contributed by atoms with van der Waals surface area (Å²) in [5.74, 6) is 1.39. The average Bonchev–Trinajstić information content (AvgIpc) is 2.53. The third-order valence-corrected chi connectivity index (χ3v) is 3.95. The van der Waals surface area contributed by atoms with Crippen molar-refractivity contribution in [3.05, 3.63) is 54.6 Å². The van der Waals surface area contributed by atoms with Crippen molar-refractivity contribution in [2.45, 2.75) is 31.1 Å². The first-order chi connectivity index (χ1) is 10.3. The smallest absolute Gasteiger partial charge is 0.240 e. The first-order valence-electron chi connectivity index (χ1n) is 7.17. The van der Waals surface area contributed by atoms with Crippen molar-refractivity contribution < 1.29 is 13.1 Å². The summed E-state index contributed by atoms with van der Waals surface area (Å²) >= 11 is -1.51. The molecule has 21 heavy (non-hydrogen) atoms. The molecule has 0 fully saturated rings. The zero-order chi connectivity index (χ0) is 14.9. The van der Waals surface area contributed by atoms with Crippen LogP contribution in [0.5, 0.6) is 11.5 Å². The molecule has 2 rings (SSSR count). The van der Waals surface area contributed by atoms with E-state index in [2.05, 4.69) is 6.92 Å². The number of unbranched alkanes of at least 4 members (excludes halogenated alkanes) is 2. The van der Waals surface area contributed by atoms with Gasteiger partial charge in [0.25, 0.3) is 0 Å². The lowest BCUT2D eigenvalue weighted by atomic mass is 10.3. The van der Waals surface area contributed by atoms with Crippen molar-refractivity contribution in [2.75, 3.05) is 6.61 Å². The summed E-state index contributed by atoms with van der Waals surface area (Å²) in [6, 6.07) is 16.3. The van der Waals surface area contributed by atoms with Gasteiger partial charge in [-0.15, -0.1) is 0 Å². The molecule has 0 saturated carbocycles. The molecule has 1 atom stereocenters. The van der Waals surface area contributed by atoms with Gasteiger partial charge in [-0.25, -0.2) is 4.21 Å². The van der Waals surface area contributed by atoms with Gasteiger partial charge in [0.1, 0.15) is 11.5 Å². The quantitative estimate of drug-likeness (QED) is 0.680. The summed E-state index contributed by atoms with van der Waals surface area (Å²) in [7, 11) is 0. The maximum atomic E-state index is 12.1. The lowest BCUT2D eigenvalue weighted by molar-refractivity contribution is 0.306. The molecule has 2 aromatic rings. The lowest BCUT2D eigenvalue weighted by Crippen LogP contribution is -2.01.